The molecule has 0 fully saturated rings. The average Bonchev–Trinajstić information content (AvgIpc) is 2.96. The van der Waals surface area contributed by atoms with Crippen molar-refractivity contribution in [2.75, 3.05) is 6.61 Å². The maximum Gasteiger partial charge on any atom is 0.287 e. The van der Waals surface area contributed by atoms with Crippen LogP contribution in [0.4, 0.5) is 0 Å². The van der Waals surface area contributed by atoms with Crippen LogP contribution >= 0.6 is 0 Å². The summed E-state index contributed by atoms with van der Waals surface area (Å²) in [5, 5.41) is 2.82. The molecule has 0 bridgehead atoms. The molecule has 0 spiro atoms. The number of benzene rings is 1. The van der Waals surface area contributed by atoms with Gasteiger partial charge in [0, 0.05) is 0 Å². The summed E-state index contributed by atoms with van der Waals surface area (Å²) < 4.78 is 10.9. The molecule has 0 radical (unpaired) electrons. The molecule has 0 aliphatic heterocycles. The summed E-state index contributed by atoms with van der Waals surface area (Å²) in [6, 6.07) is 11.0. The molecule has 1 atom stereocenters. The number of amides is 1. The molecule has 2 rings (SSSR count). The Balaban J connectivity index is 1.82. The molecule has 0 saturated carbocycles. The van der Waals surface area contributed by atoms with Crippen molar-refractivity contribution >= 4 is 5.91 Å². The molecule has 1 amide bonds. The number of carbonyl (C=O) groups is 1. The molecular formula is C16H20N2O3. The summed E-state index contributed by atoms with van der Waals surface area (Å²) in [6.07, 6.45) is 0. The quantitative estimate of drug-likeness (QED) is 0.854. The van der Waals surface area contributed by atoms with Crippen LogP contribution in [-0.2, 0) is 6.54 Å². The maximum absolute atomic E-state index is 11.9. The standard InChI is InChI=1S/C16H20N2O3/c1-11-3-5-13(6-4-11)20-10-12(2)18-16(19)15-8-7-14(9-17)21-15/h3-8,12H,9-10,17H2,1-2H3,(H,18,19). The van der Waals surface area contributed by atoms with Crippen molar-refractivity contribution in [2.45, 2.75) is 26.4 Å². The molecule has 112 valence electrons. The van der Waals surface area contributed by atoms with Gasteiger partial charge in [-0.25, -0.2) is 0 Å². The summed E-state index contributed by atoms with van der Waals surface area (Å²) in [4.78, 5) is 11.9. The smallest absolute Gasteiger partial charge is 0.287 e. The fraction of sp³-hybridized carbons (Fsp3) is 0.312. The minimum absolute atomic E-state index is 0.134. The fourth-order valence-corrected chi connectivity index (χ4v) is 1.80. The van der Waals surface area contributed by atoms with Gasteiger partial charge in [0.25, 0.3) is 5.91 Å². The van der Waals surface area contributed by atoms with Crippen molar-refractivity contribution in [1.29, 1.82) is 0 Å². The molecule has 5 nitrogen and oxygen atoms in total. The lowest BCUT2D eigenvalue weighted by Gasteiger charge is -2.14. The van der Waals surface area contributed by atoms with Gasteiger partial charge in [0.2, 0.25) is 0 Å². The number of furan rings is 1. The molecule has 5 heteroatoms. The van der Waals surface area contributed by atoms with Gasteiger partial charge in [-0.1, -0.05) is 17.7 Å². The van der Waals surface area contributed by atoms with Gasteiger partial charge >= 0.3 is 0 Å². The molecule has 1 unspecified atom stereocenters. The van der Waals surface area contributed by atoms with Crippen LogP contribution < -0.4 is 15.8 Å². The first-order valence-corrected chi connectivity index (χ1v) is 6.87. The van der Waals surface area contributed by atoms with Gasteiger partial charge in [0.05, 0.1) is 12.6 Å². The van der Waals surface area contributed by atoms with E-state index in [4.69, 9.17) is 14.9 Å². The van der Waals surface area contributed by atoms with Crippen molar-refractivity contribution in [2.24, 2.45) is 5.73 Å². The van der Waals surface area contributed by atoms with Crippen LogP contribution in [-0.4, -0.2) is 18.6 Å². The topological polar surface area (TPSA) is 77.5 Å². The van der Waals surface area contributed by atoms with Crippen LogP contribution in [0.1, 0.15) is 28.8 Å². The molecule has 1 heterocycles. The zero-order valence-electron chi connectivity index (χ0n) is 12.3. The number of carbonyl (C=O) groups excluding carboxylic acids is 1. The first kappa shape index (κ1) is 15.1. The predicted octanol–water partition coefficient (Wildman–Crippen LogP) is 2.24. The Bertz CT molecular complexity index is 590. The number of hydrogen-bond donors (Lipinski definition) is 2. The van der Waals surface area contributed by atoms with E-state index < -0.39 is 0 Å². The van der Waals surface area contributed by atoms with Crippen molar-refractivity contribution in [1.82, 2.24) is 5.32 Å². The molecule has 0 saturated heterocycles. The number of hydrogen-bond acceptors (Lipinski definition) is 4. The van der Waals surface area contributed by atoms with E-state index >= 15 is 0 Å². The van der Waals surface area contributed by atoms with Crippen LogP contribution in [0.2, 0.25) is 0 Å². The Morgan fingerprint density at radius 1 is 1.29 bits per heavy atom. The molecule has 21 heavy (non-hydrogen) atoms. The second kappa shape index (κ2) is 6.95. The highest BCUT2D eigenvalue weighted by molar-refractivity contribution is 5.91. The van der Waals surface area contributed by atoms with Crippen molar-refractivity contribution in [3.63, 3.8) is 0 Å². The lowest BCUT2D eigenvalue weighted by molar-refractivity contribution is 0.0897. The van der Waals surface area contributed by atoms with Gasteiger partial charge < -0.3 is 20.2 Å². The zero-order valence-corrected chi connectivity index (χ0v) is 12.3. The Morgan fingerprint density at radius 3 is 2.62 bits per heavy atom. The van der Waals surface area contributed by atoms with Gasteiger partial charge in [0.1, 0.15) is 18.1 Å². The van der Waals surface area contributed by atoms with Crippen LogP contribution in [0, 0.1) is 6.92 Å². The Kier molecular flexibility index (Phi) is 5.00. The average molecular weight is 288 g/mol. The largest absolute Gasteiger partial charge is 0.491 e. The third kappa shape index (κ3) is 4.36. The van der Waals surface area contributed by atoms with Crippen molar-refractivity contribution < 1.29 is 13.9 Å². The minimum Gasteiger partial charge on any atom is -0.491 e. The Hall–Kier alpha value is -2.27. The first-order valence-electron chi connectivity index (χ1n) is 6.87. The molecule has 2 aromatic rings. The number of nitrogens with one attached hydrogen (secondary N) is 1. The van der Waals surface area contributed by atoms with E-state index in [1.807, 2.05) is 38.1 Å². The van der Waals surface area contributed by atoms with Crippen LogP contribution in [0.25, 0.3) is 0 Å². The molecule has 1 aromatic carbocycles. The SMILES string of the molecule is Cc1ccc(OCC(C)NC(=O)c2ccc(CN)o2)cc1. The molecule has 0 aliphatic rings. The summed E-state index contributed by atoms with van der Waals surface area (Å²) in [6.45, 7) is 4.56. The minimum atomic E-state index is -0.269. The normalized spacial score (nSPS) is 12.0. The third-order valence-electron chi connectivity index (χ3n) is 2.99. The predicted molar refractivity (Wildman–Crippen MR) is 80.2 cm³/mol. The first-order chi connectivity index (χ1) is 10.1. The van der Waals surface area contributed by atoms with E-state index in [9.17, 15) is 4.79 Å². The number of ether oxygens (including phenoxy) is 1. The van der Waals surface area contributed by atoms with Gasteiger partial charge in [-0.3, -0.25) is 4.79 Å². The van der Waals surface area contributed by atoms with Gasteiger partial charge in [-0.05, 0) is 38.1 Å². The zero-order chi connectivity index (χ0) is 15.2. The number of nitrogens with two attached hydrogens (primary N) is 1. The van der Waals surface area contributed by atoms with E-state index in [1.54, 1.807) is 12.1 Å². The van der Waals surface area contributed by atoms with Gasteiger partial charge in [0.15, 0.2) is 5.76 Å². The highest BCUT2D eigenvalue weighted by atomic mass is 16.5. The van der Waals surface area contributed by atoms with E-state index in [-0.39, 0.29) is 24.3 Å². The van der Waals surface area contributed by atoms with E-state index in [2.05, 4.69) is 5.32 Å². The van der Waals surface area contributed by atoms with Crippen molar-refractivity contribution in [3.8, 4) is 5.75 Å². The highest BCUT2D eigenvalue weighted by Crippen LogP contribution is 2.12. The number of aryl methyl sites for hydroxylation is 1. The number of rotatable bonds is 6. The summed E-state index contributed by atoms with van der Waals surface area (Å²) in [5.74, 6) is 1.36. The fourth-order valence-electron chi connectivity index (χ4n) is 1.80. The second-order valence-electron chi connectivity index (χ2n) is 4.97. The molecule has 0 aliphatic carbocycles. The van der Waals surface area contributed by atoms with Gasteiger partial charge in [-0.15, -0.1) is 0 Å². The third-order valence-corrected chi connectivity index (χ3v) is 2.99. The van der Waals surface area contributed by atoms with Crippen molar-refractivity contribution in [3.05, 3.63) is 53.5 Å². The van der Waals surface area contributed by atoms with Crippen LogP contribution in [0.15, 0.2) is 40.8 Å². The van der Waals surface area contributed by atoms with Crippen LogP contribution in [0.5, 0.6) is 5.75 Å². The summed E-state index contributed by atoms with van der Waals surface area (Å²) in [7, 11) is 0. The maximum atomic E-state index is 11.9. The van der Waals surface area contributed by atoms with E-state index in [0.717, 1.165) is 5.75 Å². The van der Waals surface area contributed by atoms with Crippen LogP contribution in [0.3, 0.4) is 0 Å². The van der Waals surface area contributed by atoms with Gasteiger partial charge in [-0.2, -0.15) is 0 Å². The lowest BCUT2D eigenvalue weighted by atomic mass is 10.2. The molecular weight excluding hydrogens is 268 g/mol. The second-order valence-corrected chi connectivity index (χ2v) is 4.97. The highest BCUT2D eigenvalue weighted by Gasteiger charge is 2.14. The monoisotopic (exact) mass is 288 g/mol. The Labute approximate surface area is 124 Å². The van der Waals surface area contributed by atoms with E-state index in [1.165, 1.54) is 5.56 Å². The lowest BCUT2D eigenvalue weighted by Crippen LogP contribution is -2.36. The molecule has 1 aromatic heterocycles. The Morgan fingerprint density at radius 2 is 2.00 bits per heavy atom. The van der Waals surface area contributed by atoms with E-state index in [0.29, 0.717) is 12.4 Å². The summed E-state index contributed by atoms with van der Waals surface area (Å²) >= 11 is 0. The molecule has 3 N–H and O–H groups in total. The summed E-state index contributed by atoms with van der Waals surface area (Å²) in [5.41, 5.74) is 6.62.